The fraction of sp³-hybridized carbons (Fsp3) is 0.636. The lowest BCUT2D eigenvalue weighted by Crippen LogP contribution is -2.42. The van der Waals surface area contributed by atoms with Crippen molar-refractivity contribution in [3.63, 3.8) is 0 Å². The van der Waals surface area contributed by atoms with Gasteiger partial charge in [-0.15, -0.1) is 0 Å². The lowest BCUT2D eigenvalue weighted by atomic mass is 9.98. The van der Waals surface area contributed by atoms with Crippen LogP contribution in [0.2, 0.25) is 5.02 Å². The van der Waals surface area contributed by atoms with Crippen LogP contribution >= 0.6 is 11.6 Å². The monoisotopic (exact) mass is 258 g/mol. The quantitative estimate of drug-likeness (QED) is 0.801. The van der Waals surface area contributed by atoms with Gasteiger partial charge in [-0.2, -0.15) is 5.10 Å². The van der Waals surface area contributed by atoms with E-state index in [1.165, 1.54) is 6.20 Å². The number of carbonyl (C=O) groups is 1. The van der Waals surface area contributed by atoms with Gasteiger partial charge in [0.1, 0.15) is 5.69 Å². The Bertz CT molecular complexity index is 406. The molecule has 0 fully saturated rings. The van der Waals surface area contributed by atoms with Crippen LogP contribution in [0, 0.1) is 0 Å². The highest BCUT2D eigenvalue weighted by atomic mass is 35.5. The number of carbonyl (C=O) groups excluding carboxylic acids is 1. The molecule has 0 saturated carbocycles. The highest BCUT2D eigenvalue weighted by Gasteiger charge is 2.29. The Labute approximate surface area is 107 Å². The number of hydrogen-bond donors (Lipinski definition) is 1. The van der Waals surface area contributed by atoms with Crippen LogP contribution in [0.5, 0.6) is 0 Å². The average Bonchev–Trinajstić information content (AvgIpc) is 2.54. The molecule has 1 aromatic heterocycles. The van der Waals surface area contributed by atoms with Gasteiger partial charge < -0.3 is 10.6 Å². The summed E-state index contributed by atoms with van der Waals surface area (Å²) in [5, 5.41) is 4.46. The van der Waals surface area contributed by atoms with E-state index in [2.05, 4.69) is 5.10 Å². The lowest BCUT2D eigenvalue weighted by Gasteiger charge is -2.18. The summed E-state index contributed by atoms with van der Waals surface area (Å²) in [4.78, 5) is 14.1. The van der Waals surface area contributed by atoms with Crippen LogP contribution in [0.3, 0.4) is 0 Å². The predicted octanol–water partition coefficient (Wildman–Crippen LogP) is 1.02. The number of nitrogens with zero attached hydrogens (tertiary/aromatic N) is 3. The van der Waals surface area contributed by atoms with E-state index in [1.807, 2.05) is 19.0 Å². The Balaban J connectivity index is 2.98. The van der Waals surface area contributed by atoms with E-state index in [0.29, 0.717) is 17.3 Å². The maximum Gasteiger partial charge on any atom is 0.201 e. The first-order valence-corrected chi connectivity index (χ1v) is 5.81. The molecule has 0 bridgehead atoms. The number of nitrogens with two attached hydrogens (primary N) is 1. The average molecular weight is 259 g/mol. The summed E-state index contributed by atoms with van der Waals surface area (Å²) >= 11 is 5.99. The van der Waals surface area contributed by atoms with E-state index in [1.54, 1.807) is 18.5 Å². The SMILES string of the molecule is CN(C)CCn1ncc(Cl)c1C(=O)C(C)(C)N. The van der Waals surface area contributed by atoms with Crippen LogP contribution in [0.4, 0.5) is 0 Å². The number of aromatic nitrogens is 2. The molecule has 0 spiro atoms. The molecule has 6 heteroatoms. The summed E-state index contributed by atoms with van der Waals surface area (Å²) in [6.45, 7) is 4.71. The first-order valence-electron chi connectivity index (χ1n) is 5.43. The largest absolute Gasteiger partial charge is 0.319 e. The minimum Gasteiger partial charge on any atom is -0.319 e. The van der Waals surface area contributed by atoms with Crippen LogP contribution in [0.25, 0.3) is 0 Å². The van der Waals surface area contributed by atoms with Gasteiger partial charge in [-0.3, -0.25) is 9.48 Å². The van der Waals surface area contributed by atoms with Crippen molar-refractivity contribution in [1.29, 1.82) is 0 Å². The molecule has 0 aliphatic rings. The van der Waals surface area contributed by atoms with Crippen molar-refractivity contribution < 1.29 is 4.79 Å². The zero-order valence-electron chi connectivity index (χ0n) is 10.7. The van der Waals surface area contributed by atoms with Crippen LogP contribution in [0.15, 0.2) is 6.20 Å². The molecular formula is C11H19ClN4O. The smallest absolute Gasteiger partial charge is 0.201 e. The Morgan fingerprint density at radius 3 is 2.65 bits per heavy atom. The van der Waals surface area contributed by atoms with Crippen molar-refractivity contribution in [1.82, 2.24) is 14.7 Å². The molecule has 1 heterocycles. The van der Waals surface area contributed by atoms with Gasteiger partial charge >= 0.3 is 0 Å². The second kappa shape index (κ2) is 5.16. The normalized spacial score (nSPS) is 12.2. The second-order valence-electron chi connectivity index (χ2n) is 4.92. The number of rotatable bonds is 5. The molecule has 0 amide bonds. The highest BCUT2D eigenvalue weighted by Crippen LogP contribution is 2.19. The topological polar surface area (TPSA) is 64.2 Å². The maximum atomic E-state index is 12.1. The van der Waals surface area contributed by atoms with E-state index < -0.39 is 5.54 Å². The number of Topliss-reactive ketones (excluding diaryl/α,β-unsaturated/α-hetero) is 1. The van der Waals surface area contributed by atoms with Crippen molar-refractivity contribution >= 4 is 17.4 Å². The molecular weight excluding hydrogens is 240 g/mol. The molecule has 0 radical (unpaired) electrons. The van der Waals surface area contributed by atoms with E-state index in [-0.39, 0.29) is 5.78 Å². The second-order valence-corrected chi connectivity index (χ2v) is 5.33. The molecule has 5 nitrogen and oxygen atoms in total. The number of ketones is 1. The molecule has 17 heavy (non-hydrogen) atoms. The van der Waals surface area contributed by atoms with Crippen molar-refractivity contribution in [2.24, 2.45) is 5.73 Å². The van der Waals surface area contributed by atoms with Crippen LogP contribution < -0.4 is 5.73 Å². The molecule has 1 rings (SSSR count). The van der Waals surface area contributed by atoms with Gasteiger partial charge in [-0.1, -0.05) is 11.6 Å². The Hall–Kier alpha value is -0.910. The van der Waals surface area contributed by atoms with Crippen molar-refractivity contribution in [3.05, 3.63) is 16.9 Å². The molecule has 0 aliphatic carbocycles. The zero-order chi connectivity index (χ0) is 13.2. The number of hydrogen-bond acceptors (Lipinski definition) is 4. The molecule has 2 N–H and O–H groups in total. The van der Waals surface area contributed by atoms with E-state index in [9.17, 15) is 4.79 Å². The molecule has 96 valence electrons. The minimum atomic E-state index is -0.945. The summed E-state index contributed by atoms with van der Waals surface area (Å²) in [6.07, 6.45) is 1.48. The number of likely N-dealkylation sites (N-methyl/N-ethyl adjacent to an activating group) is 1. The van der Waals surface area contributed by atoms with Crippen LogP contribution in [-0.2, 0) is 6.54 Å². The van der Waals surface area contributed by atoms with Crippen molar-refractivity contribution in [2.45, 2.75) is 25.9 Å². The first-order chi connectivity index (χ1) is 7.73. The molecule has 0 aliphatic heterocycles. The summed E-state index contributed by atoms with van der Waals surface area (Å²) in [7, 11) is 3.92. The van der Waals surface area contributed by atoms with Gasteiger partial charge in [0.05, 0.1) is 23.3 Å². The fourth-order valence-corrected chi connectivity index (χ4v) is 1.58. The Morgan fingerprint density at radius 2 is 2.18 bits per heavy atom. The summed E-state index contributed by atoms with van der Waals surface area (Å²) in [6, 6.07) is 0. The molecule has 0 unspecified atom stereocenters. The third kappa shape index (κ3) is 3.52. The van der Waals surface area contributed by atoms with Gasteiger partial charge in [-0.05, 0) is 27.9 Å². The standard InChI is InChI=1S/C11H19ClN4O/c1-11(2,13)10(17)9-8(12)7-14-16(9)6-5-15(3)4/h7H,5-6,13H2,1-4H3. The lowest BCUT2D eigenvalue weighted by molar-refractivity contribution is 0.0901. The number of halogens is 1. The third-order valence-corrected chi connectivity index (χ3v) is 2.63. The van der Waals surface area contributed by atoms with Crippen molar-refractivity contribution in [2.75, 3.05) is 20.6 Å². The van der Waals surface area contributed by atoms with Crippen LogP contribution in [-0.4, -0.2) is 46.6 Å². The van der Waals surface area contributed by atoms with E-state index >= 15 is 0 Å². The zero-order valence-corrected chi connectivity index (χ0v) is 11.5. The summed E-state index contributed by atoms with van der Waals surface area (Å²) in [5.41, 5.74) is 5.25. The fourth-order valence-electron chi connectivity index (χ4n) is 1.36. The maximum absolute atomic E-state index is 12.1. The first kappa shape index (κ1) is 14.2. The molecule has 0 aromatic carbocycles. The third-order valence-electron chi connectivity index (χ3n) is 2.35. The summed E-state index contributed by atoms with van der Waals surface area (Å²) in [5.74, 6) is -0.196. The molecule has 1 aromatic rings. The van der Waals surface area contributed by atoms with Gasteiger partial charge in [0.2, 0.25) is 5.78 Å². The van der Waals surface area contributed by atoms with Gasteiger partial charge in [0, 0.05) is 6.54 Å². The molecule has 0 atom stereocenters. The predicted molar refractivity (Wildman–Crippen MR) is 68.4 cm³/mol. The van der Waals surface area contributed by atoms with Crippen LogP contribution in [0.1, 0.15) is 24.3 Å². The van der Waals surface area contributed by atoms with E-state index in [4.69, 9.17) is 17.3 Å². The van der Waals surface area contributed by atoms with Gasteiger partial charge in [0.15, 0.2) is 0 Å². The van der Waals surface area contributed by atoms with Gasteiger partial charge in [0.25, 0.3) is 0 Å². The molecule has 0 saturated heterocycles. The minimum absolute atomic E-state index is 0.196. The van der Waals surface area contributed by atoms with Crippen molar-refractivity contribution in [3.8, 4) is 0 Å². The highest BCUT2D eigenvalue weighted by molar-refractivity contribution is 6.34. The Kier molecular flexibility index (Phi) is 4.30. The Morgan fingerprint density at radius 1 is 1.59 bits per heavy atom. The summed E-state index contributed by atoms with van der Waals surface area (Å²) < 4.78 is 1.61. The van der Waals surface area contributed by atoms with E-state index in [0.717, 1.165) is 6.54 Å². The van der Waals surface area contributed by atoms with Gasteiger partial charge in [-0.25, -0.2) is 0 Å².